The molecule has 2 rings (SSSR count). The second-order valence-corrected chi connectivity index (χ2v) is 4.78. The highest BCUT2D eigenvalue weighted by Crippen LogP contribution is 2.31. The highest BCUT2D eigenvalue weighted by Gasteiger charge is 2.08. The van der Waals surface area contributed by atoms with Gasteiger partial charge in [-0.25, -0.2) is 4.98 Å². The van der Waals surface area contributed by atoms with Crippen molar-refractivity contribution in [2.45, 2.75) is 20.4 Å². The molecule has 1 aromatic heterocycles. The third-order valence-electron chi connectivity index (χ3n) is 2.84. The molecular formula is C16H19ClN2O2. The summed E-state index contributed by atoms with van der Waals surface area (Å²) in [5, 5.41) is 3.86. The number of nitrogens with one attached hydrogen (secondary N) is 1. The van der Waals surface area contributed by atoms with E-state index in [-0.39, 0.29) is 0 Å². The molecule has 0 aliphatic heterocycles. The van der Waals surface area contributed by atoms with Crippen LogP contribution in [-0.4, -0.2) is 18.1 Å². The second-order valence-electron chi connectivity index (χ2n) is 4.38. The predicted molar refractivity (Wildman–Crippen MR) is 84.3 cm³/mol. The number of nitrogens with zero attached hydrogens (tertiary/aromatic N) is 1. The minimum absolute atomic E-state index is 0.499. The number of rotatable bonds is 7. The van der Waals surface area contributed by atoms with E-state index < -0.39 is 0 Å². The van der Waals surface area contributed by atoms with Crippen LogP contribution in [-0.2, 0) is 6.54 Å². The molecule has 0 saturated carbocycles. The summed E-state index contributed by atoms with van der Waals surface area (Å²) in [7, 11) is 0. The van der Waals surface area contributed by atoms with Crippen molar-refractivity contribution in [3.05, 3.63) is 47.1 Å². The zero-order valence-corrected chi connectivity index (χ0v) is 13.0. The number of hydrogen-bond acceptors (Lipinski definition) is 4. The van der Waals surface area contributed by atoms with Crippen LogP contribution >= 0.6 is 11.6 Å². The Balaban J connectivity index is 2.19. The molecule has 0 atom stereocenters. The van der Waals surface area contributed by atoms with E-state index in [1.54, 1.807) is 6.20 Å². The minimum atomic E-state index is 0.499. The normalized spacial score (nSPS) is 10.4. The van der Waals surface area contributed by atoms with Crippen molar-refractivity contribution in [2.24, 2.45) is 0 Å². The molecule has 112 valence electrons. The van der Waals surface area contributed by atoms with Crippen LogP contribution in [0.2, 0.25) is 5.02 Å². The van der Waals surface area contributed by atoms with E-state index in [1.165, 1.54) is 0 Å². The Morgan fingerprint density at radius 3 is 2.67 bits per heavy atom. The first-order valence-electron chi connectivity index (χ1n) is 6.99. The highest BCUT2D eigenvalue weighted by molar-refractivity contribution is 6.31. The van der Waals surface area contributed by atoms with Crippen LogP contribution in [0, 0.1) is 0 Å². The van der Waals surface area contributed by atoms with Gasteiger partial charge in [-0.15, -0.1) is 0 Å². The maximum Gasteiger partial charge on any atom is 0.219 e. The summed E-state index contributed by atoms with van der Waals surface area (Å²) < 4.78 is 11.4. The molecule has 0 unspecified atom stereocenters. The van der Waals surface area contributed by atoms with Crippen LogP contribution in [0.4, 0.5) is 0 Å². The van der Waals surface area contributed by atoms with Crippen molar-refractivity contribution in [1.82, 2.24) is 10.3 Å². The number of aromatic nitrogens is 1. The summed E-state index contributed by atoms with van der Waals surface area (Å²) in [5.41, 5.74) is 0.956. The maximum absolute atomic E-state index is 6.13. The summed E-state index contributed by atoms with van der Waals surface area (Å²) in [6.07, 6.45) is 1.60. The Bertz CT molecular complexity index is 590. The van der Waals surface area contributed by atoms with E-state index in [0.717, 1.165) is 12.1 Å². The number of ether oxygens (including phenoxy) is 2. The van der Waals surface area contributed by atoms with Gasteiger partial charge in [-0.3, -0.25) is 0 Å². The lowest BCUT2D eigenvalue weighted by Gasteiger charge is -2.12. The van der Waals surface area contributed by atoms with Crippen molar-refractivity contribution in [2.75, 3.05) is 13.2 Å². The van der Waals surface area contributed by atoms with Crippen molar-refractivity contribution in [3.63, 3.8) is 0 Å². The van der Waals surface area contributed by atoms with Crippen molar-refractivity contribution < 1.29 is 9.47 Å². The van der Waals surface area contributed by atoms with E-state index in [1.807, 2.05) is 44.2 Å². The van der Waals surface area contributed by atoms with E-state index in [4.69, 9.17) is 21.1 Å². The minimum Gasteiger partial charge on any atom is -0.490 e. The summed E-state index contributed by atoms with van der Waals surface area (Å²) in [5.74, 6) is 1.84. The SMILES string of the molecule is CCNCc1cc(Oc2ccccc2OCC)ncc1Cl. The molecule has 1 aromatic carbocycles. The summed E-state index contributed by atoms with van der Waals surface area (Å²) in [4.78, 5) is 4.21. The fourth-order valence-electron chi connectivity index (χ4n) is 1.83. The monoisotopic (exact) mass is 306 g/mol. The molecule has 1 N–H and O–H groups in total. The number of para-hydroxylation sites is 2. The Labute approximate surface area is 130 Å². The first kappa shape index (κ1) is 15.6. The van der Waals surface area contributed by atoms with Gasteiger partial charge in [-0.1, -0.05) is 30.7 Å². The van der Waals surface area contributed by atoms with E-state index in [9.17, 15) is 0 Å². The van der Waals surface area contributed by atoms with Crippen molar-refractivity contribution in [3.8, 4) is 17.4 Å². The van der Waals surface area contributed by atoms with E-state index >= 15 is 0 Å². The first-order valence-corrected chi connectivity index (χ1v) is 7.37. The number of pyridine rings is 1. The Morgan fingerprint density at radius 1 is 1.19 bits per heavy atom. The first-order chi connectivity index (χ1) is 10.2. The fraction of sp³-hybridized carbons (Fsp3) is 0.312. The van der Waals surface area contributed by atoms with E-state index in [0.29, 0.717) is 35.6 Å². The lowest BCUT2D eigenvalue weighted by Crippen LogP contribution is -2.12. The Morgan fingerprint density at radius 2 is 1.95 bits per heavy atom. The number of benzene rings is 1. The largest absolute Gasteiger partial charge is 0.490 e. The number of halogens is 1. The van der Waals surface area contributed by atoms with Crippen LogP contribution in [0.1, 0.15) is 19.4 Å². The molecule has 5 heteroatoms. The summed E-state index contributed by atoms with van der Waals surface area (Å²) >= 11 is 6.13. The van der Waals surface area contributed by atoms with Gasteiger partial charge in [0, 0.05) is 18.8 Å². The molecule has 1 heterocycles. The van der Waals surface area contributed by atoms with Gasteiger partial charge < -0.3 is 14.8 Å². The van der Waals surface area contributed by atoms with Gasteiger partial charge in [0.25, 0.3) is 0 Å². The molecule has 0 spiro atoms. The molecule has 0 aliphatic rings. The molecule has 2 aromatic rings. The van der Waals surface area contributed by atoms with Gasteiger partial charge in [0.2, 0.25) is 5.88 Å². The Hall–Kier alpha value is -1.78. The molecule has 0 bridgehead atoms. The topological polar surface area (TPSA) is 43.4 Å². The van der Waals surface area contributed by atoms with Gasteiger partial charge in [-0.05, 0) is 31.2 Å². The molecule has 0 fully saturated rings. The molecule has 0 aliphatic carbocycles. The zero-order chi connectivity index (χ0) is 15.1. The van der Waals surface area contributed by atoms with Crippen molar-refractivity contribution >= 4 is 11.6 Å². The van der Waals surface area contributed by atoms with Crippen LogP contribution < -0.4 is 14.8 Å². The van der Waals surface area contributed by atoms with Gasteiger partial charge in [0.1, 0.15) is 0 Å². The van der Waals surface area contributed by atoms with Gasteiger partial charge >= 0.3 is 0 Å². The maximum atomic E-state index is 6.13. The average molecular weight is 307 g/mol. The quantitative estimate of drug-likeness (QED) is 0.838. The summed E-state index contributed by atoms with van der Waals surface area (Å²) in [6, 6.07) is 9.37. The fourth-order valence-corrected chi connectivity index (χ4v) is 2.00. The Kier molecular flexibility index (Phi) is 5.84. The molecule has 0 radical (unpaired) electrons. The predicted octanol–water partition coefficient (Wildman–Crippen LogP) is 4.04. The lowest BCUT2D eigenvalue weighted by atomic mass is 10.2. The van der Waals surface area contributed by atoms with Gasteiger partial charge in [0.05, 0.1) is 11.6 Å². The molecular weight excluding hydrogens is 288 g/mol. The van der Waals surface area contributed by atoms with Crippen LogP contribution in [0.15, 0.2) is 36.5 Å². The molecule has 4 nitrogen and oxygen atoms in total. The average Bonchev–Trinajstić information content (AvgIpc) is 2.50. The second kappa shape index (κ2) is 7.86. The van der Waals surface area contributed by atoms with Crippen LogP contribution in [0.3, 0.4) is 0 Å². The third kappa shape index (κ3) is 4.34. The molecule has 0 amide bonds. The highest BCUT2D eigenvalue weighted by atomic mass is 35.5. The third-order valence-corrected chi connectivity index (χ3v) is 3.18. The van der Waals surface area contributed by atoms with Gasteiger partial charge in [-0.2, -0.15) is 0 Å². The zero-order valence-electron chi connectivity index (χ0n) is 12.2. The van der Waals surface area contributed by atoms with E-state index in [2.05, 4.69) is 10.3 Å². The summed E-state index contributed by atoms with van der Waals surface area (Å²) in [6.45, 7) is 6.13. The lowest BCUT2D eigenvalue weighted by molar-refractivity contribution is 0.319. The smallest absolute Gasteiger partial charge is 0.219 e. The number of hydrogen-bond donors (Lipinski definition) is 1. The van der Waals surface area contributed by atoms with Crippen molar-refractivity contribution in [1.29, 1.82) is 0 Å². The standard InChI is InChI=1S/C16H19ClN2O2/c1-3-18-10-12-9-16(19-11-13(12)17)21-15-8-6-5-7-14(15)20-4-2/h5-9,11,18H,3-4,10H2,1-2H3. The van der Waals surface area contributed by atoms with Crippen LogP contribution in [0.5, 0.6) is 17.4 Å². The molecule has 21 heavy (non-hydrogen) atoms. The van der Waals surface area contributed by atoms with Gasteiger partial charge in [0.15, 0.2) is 11.5 Å². The molecule has 0 saturated heterocycles. The van der Waals surface area contributed by atoms with Crippen LogP contribution in [0.25, 0.3) is 0 Å².